The number of pyridine rings is 2. The third-order valence-corrected chi connectivity index (χ3v) is 3.42. The van der Waals surface area contributed by atoms with Crippen LogP contribution >= 0.6 is 0 Å². The molecule has 0 spiro atoms. The van der Waals surface area contributed by atoms with Crippen LogP contribution in [0.2, 0.25) is 0 Å². The number of hydrogen-bond acceptors (Lipinski definition) is 4. The second kappa shape index (κ2) is 3.78. The van der Waals surface area contributed by atoms with E-state index in [1.54, 1.807) is 12.4 Å². The normalized spacial score (nSPS) is 14.9. The van der Waals surface area contributed by atoms with E-state index in [4.69, 9.17) is 5.73 Å². The average molecular weight is 251 g/mol. The fourth-order valence-corrected chi connectivity index (χ4v) is 2.37. The Kier molecular flexibility index (Phi) is 2.09. The lowest BCUT2D eigenvalue weighted by molar-refractivity contribution is 0.772. The van der Waals surface area contributed by atoms with E-state index in [9.17, 15) is 0 Å². The van der Waals surface area contributed by atoms with Gasteiger partial charge in [-0.1, -0.05) is 0 Å². The highest BCUT2D eigenvalue weighted by molar-refractivity contribution is 5.79. The highest BCUT2D eigenvalue weighted by Gasteiger charge is 2.28. The van der Waals surface area contributed by atoms with Gasteiger partial charge in [-0.3, -0.25) is 9.97 Å². The predicted molar refractivity (Wildman–Crippen MR) is 73.4 cm³/mol. The molecule has 5 heteroatoms. The van der Waals surface area contributed by atoms with Crippen LogP contribution in [0.15, 0.2) is 36.8 Å². The van der Waals surface area contributed by atoms with Crippen molar-refractivity contribution in [1.82, 2.24) is 19.5 Å². The van der Waals surface area contributed by atoms with Gasteiger partial charge in [0, 0.05) is 12.2 Å². The number of nitrogen functional groups attached to an aromatic ring is 1. The summed E-state index contributed by atoms with van der Waals surface area (Å²) >= 11 is 0. The van der Waals surface area contributed by atoms with E-state index in [0.717, 1.165) is 22.6 Å². The summed E-state index contributed by atoms with van der Waals surface area (Å²) in [5.41, 5.74) is 9.27. The van der Waals surface area contributed by atoms with Crippen LogP contribution in [-0.2, 0) is 0 Å². The minimum absolute atomic E-state index is 0.543. The second-order valence-corrected chi connectivity index (χ2v) is 4.88. The van der Waals surface area contributed by atoms with Gasteiger partial charge in [-0.15, -0.1) is 0 Å². The Morgan fingerprint density at radius 2 is 2.05 bits per heavy atom. The van der Waals surface area contributed by atoms with Gasteiger partial charge in [0.15, 0.2) is 5.82 Å². The van der Waals surface area contributed by atoms with E-state index < -0.39 is 0 Å². The van der Waals surface area contributed by atoms with Gasteiger partial charge in [0.25, 0.3) is 0 Å². The lowest BCUT2D eigenvalue weighted by Gasteiger charge is -2.06. The largest absolute Gasteiger partial charge is 0.397 e. The SMILES string of the molecule is Nc1ccc(-c2nc3cnccc3n2C2CC2)nc1. The van der Waals surface area contributed by atoms with Crippen molar-refractivity contribution >= 4 is 16.7 Å². The monoisotopic (exact) mass is 251 g/mol. The van der Waals surface area contributed by atoms with Crippen LogP contribution in [-0.4, -0.2) is 19.5 Å². The first kappa shape index (κ1) is 10.5. The summed E-state index contributed by atoms with van der Waals surface area (Å²) in [6.45, 7) is 0. The zero-order valence-electron chi connectivity index (χ0n) is 10.3. The molecule has 1 fully saturated rings. The number of nitrogens with two attached hydrogens (primary N) is 1. The summed E-state index contributed by atoms with van der Waals surface area (Å²) in [5, 5.41) is 0. The first-order valence-corrected chi connectivity index (χ1v) is 6.37. The van der Waals surface area contributed by atoms with Crippen LogP contribution in [0.25, 0.3) is 22.6 Å². The summed E-state index contributed by atoms with van der Waals surface area (Å²) in [4.78, 5) is 13.2. The van der Waals surface area contributed by atoms with E-state index in [1.807, 2.05) is 24.4 Å². The van der Waals surface area contributed by atoms with Gasteiger partial charge in [0.2, 0.25) is 0 Å². The summed E-state index contributed by atoms with van der Waals surface area (Å²) in [6.07, 6.45) is 7.69. The van der Waals surface area contributed by atoms with Crippen LogP contribution in [0.1, 0.15) is 18.9 Å². The van der Waals surface area contributed by atoms with Gasteiger partial charge in [0.05, 0.1) is 23.6 Å². The van der Waals surface area contributed by atoms with Crippen molar-refractivity contribution in [3.8, 4) is 11.5 Å². The van der Waals surface area contributed by atoms with Crippen molar-refractivity contribution in [2.45, 2.75) is 18.9 Å². The predicted octanol–water partition coefficient (Wildman–Crippen LogP) is 2.41. The lowest BCUT2D eigenvalue weighted by Crippen LogP contribution is -1.99. The molecule has 0 bridgehead atoms. The molecular formula is C14H13N5. The lowest BCUT2D eigenvalue weighted by atomic mass is 10.3. The zero-order valence-corrected chi connectivity index (χ0v) is 10.3. The molecule has 0 amide bonds. The molecule has 19 heavy (non-hydrogen) atoms. The van der Waals surface area contributed by atoms with Gasteiger partial charge in [-0.2, -0.15) is 0 Å². The molecule has 3 heterocycles. The number of imidazole rings is 1. The Bertz CT molecular complexity index is 740. The van der Waals surface area contributed by atoms with Crippen molar-refractivity contribution in [2.75, 3.05) is 5.73 Å². The molecule has 0 aromatic carbocycles. The zero-order chi connectivity index (χ0) is 12.8. The number of hydrogen-bond donors (Lipinski definition) is 1. The molecule has 0 saturated heterocycles. The molecule has 3 aromatic heterocycles. The standard InChI is InChI=1S/C14H13N5/c15-9-1-4-11(17-7-9)14-18-12-8-16-6-5-13(12)19(14)10-2-3-10/h1,4-8,10H,2-3,15H2. The van der Waals surface area contributed by atoms with Crippen molar-refractivity contribution in [3.05, 3.63) is 36.8 Å². The molecular weight excluding hydrogens is 238 g/mol. The smallest absolute Gasteiger partial charge is 0.160 e. The van der Waals surface area contributed by atoms with Crippen LogP contribution in [0.4, 0.5) is 5.69 Å². The molecule has 0 atom stereocenters. The number of aromatic nitrogens is 4. The number of nitrogens with zero attached hydrogens (tertiary/aromatic N) is 4. The second-order valence-electron chi connectivity index (χ2n) is 4.88. The minimum atomic E-state index is 0.543. The fourth-order valence-electron chi connectivity index (χ4n) is 2.37. The summed E-state index contributed by atoms with van der Waals surface area (Å²) in [6, 6.07) is 6.34. The Labute approximate surface area is 110 Å². The van der Waals surface area contributed by atoms with E-state index in [2.05, 4.69) is 19.5 Å². The van der Waals surface area contributed by atoms with Gasteiger partial charge in [-0.05, 0) is 31.0 Å². The van der Waals surface area contributed by atoms with Crippen molar-refractivity contribution in [2.24, 2.45) is 0 Å². The average Bonchev–Trinajstić information content (AvgIpc) is 3.20. The van der Waals surface area contributed by atoms with Gasteiger partial charge in [0.1, 0.15) is 11.2 Å². The van der Waals surface area contributed by atoms with Crippen molar-refractivity contribution in [1.29, 1.82) is 0 Å². The maximum Gasteiger partial charge on any atom is 0.160 e. The molecule has 1 saturated carbocycles. The molecule has 0 unspecified atom stereocenters. The fraction of sp³-hybridized carbons (Fsp3) is 0.214. The number of anilines is 1. The summed E-state index contributed by atoms with van der Waals surface area (Å²) in [7, 11) is 0. The van der Waals surface area contributed by atoms with E-state index in [0.29, 0.717) is 11.7 Å². The maximum absolute atomic E-state index is 5.69. The van der Waals surface area contributed by atoms with Gasteiger partial charge in [-0.25, -0.2) is 4.98 Å². The van der Waals surface area contributed by atoms with Crippen LogP contribution < -0.4 is 5.73 Å². The Balaban J connectivity index is 1.98. The van der Waals surface area contributed by atoms with Crippen LogP contribution in [0.5, 0.6) is 0 Å². The van der Waals surface area contributed by atoms with Gasteiger partial charge < -0.3 is 10.3 Å². The number of fused-ring (bicyclic) bond motifs is 1. The molecule has 4 rings (SSSR count). The molecule has 5 nitrogen and oxygen atoms in total. The molecule has 2 N–H and O–H groups in total. The van der Waals surface area contributed by atoms with E-state index >= 15 is 0 Å². The van der Waals surface area contributed by atoms with Crippen molar-refractivity contribution in [3.63, 3.8) is 0 Å². The third kappa shape index (κ3) is 1.66. The summed E-state index contributed by atoms with van der Waals surface area (Å²) < 4.78 is 2.27. The minimum Gasteiger partial charge on any atom is -0.397 e. The van der Waals surface area contributed by atoms with E-state index in [1.165, 1.54) is 12.8 Å². The maximum atomic E-state index is 5.69. The molecule has 0 radical (unpaired) electrons. The van der Waals surface area contributed by atoms with Crippen LogP contribution in [0.3, 0.4) is 0 Å². The van der Waals surface area contributed by atoms with Crippen molar-refractivity contribution < 1.29 is 0 Å². The Hall–Kier alpha value is -2.43. The van der Waals surface area contributed by atoms with Crippen LogP contribution in [0, 0.1) is 0 Å². The first-order valence-electron chi connectivity index (χ1n) is 6.37. The summed E-state index contributed by atoms with van der Waals surface area (Å²) in [5.74, 6) is 0.908. The molecule has 0 aliphatic heterocycles. The van der Waals surface area contributed by atoms with E-state index in [-0.39, 0.29) is 0 Å². The quantitative estimate of drug-likeness (QED) is 0.759. The Morgan fingerprint density at radius 1 is 1.16 bits per heavy atom. The molecule has 1 aliphatic rings. The molecule has 3 aromatic rings. The third-order valence-electron chi connectivity index (χ3n) is 3.42. The Morgan fingerprint density at radius 3 is 2.79 bits per heavy atom. The first-order chi connectivity index (χ1) is 9.33. The topological polar surface area (TPSA) is 69.6 Å². The molecule has 94 valence electrons. The number of rotatable bonds is 2. The van der Waals surface area contributed by atoms with Gasteiger partial charge >= 0.3 is 0 Å². The highest BCUT2D eigenvalue weighted by Crippen LogP contribution is 2.40. The highest BCUT2D eigenvalue weighted by atomic mass is 15.1. The molecule has 1 aliphatic carbocycles.